The smallest absolute Gasteiger partial charge is 0.231 e. The number of para-hydroxylation sites is 1. The minimum Gasteiger partial charge on any atom is -0.392 e. The summed E-state index contributed by atoms with van der Waals surface area (Å²) in [6, 6.07) is 10.0. The topological polar surface area (TPSA) is 75.3 Å². The molecule has 0 amide bonds. The lowest BCUT2D eigenvalue weighted by Crippen LogP contribution is -2.35. The Labute approximate surface area is 140 Å². The molecule has 0 saturated carbocycles. The van der Waals surface area contributed by atoms with Gasteiger partial charge in [0.2, 0.25) is 5.89 Å². The standard InChI is InChI=1S/C18H20N4O2/c1-12-19-18(24-21-12)14-6-4-8-22(10-14)17-15(11-23)9-13-5-2-3-7-16(13)20-17/h2-3,5,7,9,14,23H,4,6,8,10-11H2,1H3. The molecular weight excluding hydrogens is 304 g/mol. The van der Waals surface area contributed by atoms with Crippen molar-refractivity contribution < 1.29 is 9.63 Å². The van der Waals surface area contributed by atoms with E-state index in [1.807, 2.05) is 37.3 Å². The second-order valence-electron chi connectivity index (χ2n) is 6.29. The van der Waals surface area contributed by atoms with Crippen molar-refractivity contribution in [2.24, 2.45) is 0 Å². The second-order valence-corrected chi connectivity index (χ2v) is 6.29. The Hall–Kier alpha value is -2.47. The number of benzene rings is 1. The van der Waals surface area contributed by atoms with Crippen molar-refractivity contribution >= 4 is 16.7 Å². The molecule has 6 heteroatoms. The Morgan fingerprint density at radius 1 is 1.29 bits per heavy atom. The monoisotopic (exact) mass is 324 g/mol. The van der Waals surface area contributed by atoms with Gasteiger partial charge in [-0.1, -0.05) is 23.4 Å². The molecule has 1 aliphatic rings. The van der Waals surface area contributed by atoms with Crippen LogP contribution in [-0.4, -0.2) is 33.3 Å². The van der Waals surface area contributed by atoms with Crippen LogP contribution >= 0.6 is 0 Å². The van der Waals surface area contributed by atoms with Crippen molar-refractivity contribution in [1.82, 2.24) is 15.1 Å². The second kappa shape index (κ2) is 6.20. The fraction of sp³-hybridized carbons (Fsp3) is 0.389. The number of rotatable bonds is 3. The normalized spacial score (nSPS) is 18.2. The van der Waals surface area contributed by atoms with Crippen LogP contribution in [0.1, 0.15) is 36.0 Å². The molecule has 0 aliphatic carbocycles. The fourth-order valence-corrected chi connectivity index (χ4v) is 3.39. The lowest BCUT2D eigenvalue weighted by atomic mass is 9.97. The zero-order valence-corrected chi connectivity index (χ0v) is 13.6. The van der Waals surface area contributed by atoms with Crippen LogP contribution in [0.2, 0.25) is 0 Å². The Morgan fingerprint density at radius 3 is 2.96 bits per heavy atom. The SMILES string of the molecule is Cc1noc(C2CCCN(c3nc4ccccc4cc3CO)C2)n1. The molecule has 1 atom stereocenters. The minimum absolute atomic E-state index is 0.0198. The quantitative estimate of drug-likeness (QED) is 0.798. The van der Waals surface area contributed by atoms with Crippen molar-refractivity contribution in [3.63, 3.8) is 0 Å². The van der Waals surface area contributed by atoms with Gasteiger partial charge in [0, 0.05) is 24.0 Å². The van der Waals surface area contributed by atoms with Gasteiger partial charge in [0.1, 0.15) is 5.82 Å². The number of fused-ring (bicyclic) bond motifs is 1. The molecule has 1 aromatic carbocycles. The maximum Gasteiger partial charge on any atom is 0.231 e. The number of aryl methyl sites for hydroxylation is 1. The molecule has 124 valence electrons. The highest BCUT2D eigenvalue weighted by atomic mass is 16.5. The molecule has 3 aromatic rings. The molecule has 1 unspecified atom stereocenters. The Morgan fingerprint density at radius 2 is 2.17 bits per heavy atom. The highest BCUT2D eigenvalue weighted by Gasteiger charge is 2.27. The molecule has 24 heavy (non-hydrogen) atoms. The van der Waals surface area contributed by atoms with E-state index in [1.165, 1.54) is 0 Å². The molecule has 1 fully saturated rings. The molecule has 0 spiro atoms. The van der Waals surface area contributed by atoms with Crippen LogP contribution in [0.4, 0.5) is 5.82 Å². The number of aliphatic hydroxyl groups is 1. The molecular formula is C18H20N4O2. The first-order chi connectivity index (χ1) is 11.7. The van der Waals surface area contributed by atoms with Crippen LogP contribution in [-0.2, 0) is 6.61 Å². The number of aromatic nitrogens is 3. The molecule has 6 nitrogen and oxygen atoms in total. The summed E-state index contributed by atoms with van der Waals surface area (Å²) in [5, 5.41) is 14.7. The van der Waals surface area contributed by atoms with E-state index in [0.717, 1.165) is 48.2 Å². The van der Waals surface area contributed by atoms with E-state index in [1.54, 1.807) is 0 Å². The third kappa shape index (κ3) is 2.73. The summed E-state index contributed by atoms with van der Waals surface area (Å²) in [6.45, 7) is 3.51. The van der Waals surface area contributed by atoms with Gasteiger partial charge in [-0.05, 0) is 31.9 Å². The van der Waals surface area contributed by atoms with Crippen LogP contribution in [0.15, 0.2) is 34.9 Å². The van der Waals surface area contributed by atoms with Crippen molar-refractivity contribution in [2.45, 2.75) is 32.3 Å². The highest BCUT2D eigenvalue weighted by Crippen LogP contribution is 2.31. The van der Waals surface area contributed by atoms with E-state index in [-0.39, 0.29) is 12.5 Å². The zero-order valence-electron chi connectivity index (χ0n) is 13.6. The molecule has 2 aromatic heterocycles. The van der Waals surface area contributed by atoms with Gasteiger partial charge in [0.15, 0.2) is 5.82 Å². The average Bonchev–Trinajstić information content (AvgIpc) is 3.07. The molecule has 4 rings (SSSR count). The first kappa shape index (κ1) is 15.1. The Bertz CT molecular complexity index is 861. The highest BCUT2D eigenvalue weighted by molar-refractivity contribution is 5.81. The van der Waals surface area contributed by atoms with E-state index >= 15 is 0 Å². The first-order valence-electron chi connectivity index (χ1n) is 8.29. The van der Waals surface area contributed by atoms with E-state index in [4.69, 9.17) is 9.51 Å². The van der Waals surface area contributed by atoms with E-state index in [9.17, 15) is 5.11 Å². The largest absolute Gasteiger partial charge is 0.392 e. The van der Waals surface area contributed by atoms with Crippen LogP contribution in [0.25, 0.3) is 10.9 Å². The maximum atomic E-state index is 9.79. The van der Waals surface area contributed by atoms with E-state index < -0.39 is 0 Å². The summed E-state index contributed by atoms with van der Waals surface area (Å²) in [7, 11) is 0. The molecule has 0 radical (unpaired) electrons. The van der Waals surface area contributed by atoms with Gasteiger partial charge in [-0.15, -0.1) is 0 Å². The van der Waals surface area contributed by atoms with Gasteiger partial charge in [-0.2, -0.15) is 4.98 Å². The van der Waals surface area contributed by atoms with Crippen molar-refractivity contribution in [1.29, 1.82) is 0 Å². The third-order valence-electron chi connectivity index (χ3n) is 4.56. The van der Waals surface area contributed by atoms with Gasteiger partial charge in [-0.3, -0.25) is 0 Å². The predicted octanol–water partition coefficient (Wildman–Crippen LogP) is 2.80. The number of anilines is 1. The number of pyridine rings is 1. The number of hydrogen-bond acceptors (Lipinski definition) is 6. The van der Waals surface area contributed by atoms with Gasteiger partial charge >= 0.3 is 0 Å². The van der Waals surface area contributed by atoms with Crippen LogP contribution in [0.5, 0.6) is 0 Å². The Balaban J connectivity index is 1.68. The summed E-state index contributed by atoms with van der Waals surface area (Å²) in [5.41, 5.74) is 1.80. The summed E-state index contributed by atoms with van der Waals surface area (Å²) in [4.78, 5) is 11.4. The number of piperidine rings is 1. The van der Waals surface area contributed by atoms with Crippen LogP contribution < -0.4 is 4.90 Å². The van der Waals surface area contributed by atoms with Crippen molar-refractivity contribution in [3.8, 4) is 0 Å². The molecule has 0 bridgehead atoms. The zero-order chi connectivity index (χ0) is 16.5. The third-order valence-corrected chi connectivity index (χ3v) is 4.56. The minimum atomic E-state index is -0.0198. The van der Waals surface area contributed by atoms with Gasteiger partial charge in [0.25, 0.3) is 0 Å². The summed E-state index contributed by atoms with van der Waals surface area (Å²) < 4.78 is 5.36. The number of hydrogen-bond donors (Lipinski definition) is 1. The fourth-order valence-electron chi connectivity index (χ4n) is 3.39. The van der Waals surface area contributed by atoms with E-state index in [2.05, 4.69) is 15.0 Å². The summed E-state index contributed by atoms with van der Waals surface area (Å²) >= 11 is 0. The molecule has 1 aliphatic heterocycles. The van der Waals surface area contributed by atoms with Gasteiger partial charge in [-0.25, -0.2) is 4.98 Å². The van der Waals surface area contributed by atoms with Crippen molar-refractivity contribution in [3.05, 3.63) is 47.6 Å². The average molecular weight is 324 g/mol. The van der Waals surface area contributed by atoms with Crippen LogP contribution in [0.3, 0.4) is 0 Å². The van der Waals surface area contributed by atoms with Crippen LogP contribution in [0, 0.1) is 6.92 Å². The van der Waals surface area contributed by atoms with Gasteiger partial charge in [0.05, 0.1) is 18.0 Å². The lowest BCUT2D eigenvalue weighted by molar-refractivity contribution is 0.281. The maximum absolute atomic E-state index is 9.79. The summed E-state index contributed by atoms with van der Waals surface area (Å²) in [5.74, 6) is 2.43. The Kier molecular flexibility index (Phi) is 3.90. The van der Waals surface area contributed by atoms with Gasteiger partial charge < -0.3 is 14.5 Å². The number of aliphatic hydroxyl groups excluding tert-OH is 1. The number of nitrogens with zero attached hydrogens (tertiary/aromatic N) is 4. The molecule has 3 heterocycles. The van der Waals surface area contributed by atoms with Crippen molar-refractivity contribution in [2.75, 3.05) is 18.0 Å². The molecule has 1 saturated heterocycles. The predicted molar refractivity (Wildman–Crippen MR) is 90.9 cm³/mol. The summed E-state index contributed by atoms with van der Waals surface area (Å²) in [6.07, 6.45) is 2.06. The van der Waals surface area contributed by atoms with E-state index in [0.29, 0.717) is 11.7 Å². The molecule has 1 N–H and O–H groups in total. The lowest BCUT2D eigenvalue weighted by Gasteiger charge is -2.33. The first-order valence-corrected chi connectivity index (χ1v) is 8.29.